The number of rotatable bonds is 14. The fraction of sp³-hybridized carbons (Fsp3) is 0.533. The van der Waals surface area contributed by atoms with Crippen molar-refractivity contribution in [3.63, 3.8) is 0 Å². The summed E-state index contributed by atoms with van der Waals surface area (Å²) in [4.78, 5) is 23.7. The molecule has 9 nitrogen and oxygen atoms in total. The molecule has 0 spiro atoms. The van der Waals surface area contributed by atoms with Crippen molar-refractivity contribution in [2.75, 3.05) is 28.4 Å². The average Bonchev–Trinajstić information content (AvgIpc) is 2.92. The van der Waals surface area contributed by atoms with Gasteiger partial charge in [-0.2, -0.15) is 0 Å². The SMILES string of the molecule is COC(=O)CCc1cc(O)c(OC)cc1COc1cc(CCC(=O)OC)c(CO[Si](C)(C)C(C)(C)C)cc1OC. The van der Waals surface area contributed by atoms with Crippen molar-refractivity contribution in [2.24, 2.45) is 0 Å². The molecule has 0 saturated heterocycles. The predicted octanol–water partition coefficient (Wildman–Crippen LogP) is 5.72. The molecule has 2 aromatic rings. The minimum atomic E-state index is -2.03. The van der Waals surface area contributed by atoms with Crippen molar-refractivity contribution >= 4 is 20.3 Å². The number of benzene rings is 2. The van der Waals surface area contributed by atoms with E-state index in [0.717, 1.165) is 22.3 Å². The minimum Gasteiger partial charge on any atom is -0.504 e. The molecule has 0 aromatic heterocycles. The Labute approximate surface area is 238 Å². The fourth-order valence-corrected chi connectivity index (χ4v) is 4.73. The van der Waals surface area contributed by atoms with Gasteiger partial charge in [0.05, 0.1) is 35.0 Å². The Hall–Kier alpha value is -3.24. The average molecular weight is 577 g/mol. The number of phenols is 1. The van der Waals surface area contributed by atoms with Crippen LogP contribution in [-0.2, 0) is 49.5 Å². The molecule has 0 aliphatic rings. The first kappa shape index (κ1) is 33.0. The van der Waals surface area contributed by atoms with Crippen molar-refractivity contribution in [2.45, 2.75) is 77.8 Å². The molecule has 0 fully saturated rings. The molecular formula is C30H44O9Si. The summed E-state index contributed by atoms with van der Waals surface area (Å²) in [7, 11) is 3.71. The third kappa shape index (κ3) is 8.89. The molecule has 0 aliphatic heterocycles. The zero-order valence-electron chi connectivity index (χ0n) is 25.3. The number of methoxy groups -OCH3 is 4. The molecule has 10 heteroatoms. The van der Waals surface area contributed by atoms with Crippen molar-refractivity contribution < 1.29 is 42.8 Å². The van der Waals surface area contributed by atoms with Gasteiger partial charge >= 0.3 is 11.9 Å². The maximum Gasteiger partial charge on any atom is 0.305 e. The van der Waals surface area contributed by atoms with Crippen LogP contribution in [0.1, 0.15) is 55.9 Å². The second-order valence-corrected chi connectivity index (χ2v) is 15.9. The standard InChI is InChI=1S/C30H44O9Si/c1-30(2,3)40(8,9)39-19-23-17-26(35-5)27(15-21(23)11-13-29(33)37-7)38-18-22-16-25(34-4)24(31)14-20(22)10-12-28(32)36-6/h14-17,31H,10-13,18-19H2,1-9H3. The van der Waals surface area contributed by atoms with Gasteiger partial charge in [0, 0.05) is 12.8 Å². The molecule has 0 radical (unpaired) electrons. The van der Waals surface area contributed by atoms with Gasteiger partial charge in [0.2, 0.25) is 0 Å². The Morgan fingerprint density at radius 2 is 1.20 bits per heavy atom. The van der Waals surface area contributed by atoms with Crippen LogP contribution in [0.5, 0.6) is 23.0 Å². The molecule has 0 unspecified atom stereocenters. The van der Waals surface area contributed by atoms with Gasteiger partial charge in [-0.25, -0.2) is 0 Å². The molecule has 40 heavy (non-hydrogen) atoms. The minimum absolute atomic E-state index is 0.0279. The normalized spacial score (nSPS) is 11.6. The lowest BCUT2D eigenvalue weighted by atomic mass is 10.0. The lowest BCUT2D eigenvalue weighted by Gasteiger charge is -2.36. The summed E-state index contributed by atoms with van der Waals surface area (Å²) in [5, 5.41) is 10.4. The monoisotopic (exact) mass is 576 g/mol. The van der Waals surface area contributed by atoms with Crippen LogP contribution >= 0.6 is 0 Å². The Morgan fingerprint density at radius 1 is 0.725 bits per heavy atom. The zero-order valence-corrected chi connectivity index (χ0v) is 26.3. The number of hydrogen-bond donors (Lipinski definition) is 1. The van der Waals surface area contributed by atoms with Crippen molar-refractivity contribution in [3.05, 3.63) is 46.5 Å². The maximum absolute atomic E-state index is 12.0. The molecule has 0 amide bonds. The summed E-state index contributed by atoms with van der Waals surface area (Å²) >= 11 is 0. The summed E-state index contributed by atoms with van der Waals surface area (Å²) in [5.41, 5.74) is 3.28. The van der Waals surface area contributed by atoms with Gasteiger partial charge in [-0.3, -0.25) is 9.59 Å². The van der Waals surface area contributed by atoms with Gasteiger partial charge in [-0.05, 0) is 77.5 Å². The van der Waals surface area contributed by atoms with E-state index in [9.17, 15) is 14.7 Å². The van der Waals surface area contributed by atoms with E-state index in [1.165, 1.54) is 21.3 Å². The molecule has 0 saturated carbocycles. The molecule has 2 aromatic carbocycles. The number of phenolic OH excluding ortho intramolecular Hbond substituents is 1. The van der Waals surface area contributed by atoms with Crippen LogP contribution in [0.2, 0.25) is 18.1 Å². The van der Waals surface area contributed by atoms with E-state index in [1.54, 1.807) is 19.2 Å². The largest absolute Gasteiger partial charge is 0.504 e. The van der Waals surface area contributed by atoms with Crippen molar-refractivity contribution in [1.82, 2.24) is 0 Å². The van der Waals surface area contributed by atoms with Crippen LogP contribution in [-0.4, -0.2) is 53.8 Å². The first-order valence-electron chi connectivity index (χ1n) is 13.2. The van der Waals surface area contributed by atoms with Crippen molar-refractivity contribution in [3.8, 4) is 23.0 Å². The number of hydrogen-bond acceptors (Lipinski definition) is 9. The van der Waals surface area contributed by atoms with Crippen LogP contribution in [0.25, 0.3) is 0 Å². The molecule has 0 heterocycles. The lowest BCUT2D eigenvalue weighted by Crippen LogP contribution is -2.40. The van der Waals surface area contributed by atoms with E-state index < -0.39 is 8.32 Å². The van der Waals surface area contributed by atoms with Crippen LogP contribution < -0.4 is 14.2 Å². The number of carbonyl (C=O) groups excluding carboxylic acids is 2. The quantitative estimate of drug-likeness (QED) is 0.223. The smallest absolute Gasteiger partial charge is 0.305 e. The first-order chi connectivity index (χ1) is 18.8. The third-order valence-electron chi connectivity index (χ3n) is 7.42. The molecule has 0 aliphatic carbocycles. The van der Waals surface area contributed by atoms with Gasteiger partial charge in [0.25, 0.3) is 0 Å². The van der Waals surface area contributed by atoms with E-state index in [2.05, 4.69) is 33.9 Å². The van der Waals surface area contributed by atoms with Gasteiger partial charge < -0.3 is 33.2 Å². The summed E-state index contributed by atoms with van der Waals surface area (Å²) < 4.78 is 33.3. The maximum atomic E-state index is 12.0. The summed E-state index contributed by atoms with van der Waals surface area (Å²) in [5.74, 6) is 0.627. The highest BCUT2D eigenvalue weighted by Crippen LogP contribution is 2.39. The fourth-order valence-electron chi connectivity index (χ4n) is 3.78. The summed E-state index contributed by atoms with van der Waals surface area (Å²) in [6, 6.07) is 7.03. The number of aromatic hydroxyl groups is 1. The molecular weight excluding hydrogens is 532 g/mol. The zero-order chi connectivity index (χ0) is 30.1. The number of aryl methyl sites for hydroxylation is 2. The lowest BCUT2D eigenvalue weighted by molar-refractivity contribution is -0.141. The molecule has 0 bridgehead atoms. The highest BCUT2D eigenvalue weighted by molar-refractivity contribution is 6.74. The van der Waals surface area contributed by atoms with Crippen LogP contribution in [0.4, 0.5) is 0 Å². The van der Waals surface area contributed by atoms with E-state index in [0.29, 0.717) is 36.7 Å². The second-order valence-electron chi connectivity index (χ2n) is 11.1. The highest BCUT2D eigenvalue weighted by atomic mass is 28.4. The molecule has 2 rings (SSSR count). The van der Waals surface area contributed by atoms with E-state index in [-0.39, 0.29) is 42.2 Å². The van der Waals surface area contributed by atoms with Crippen molar-refractivity contribution in [1.29, 1.82) is 0 Å². The predicted molar refractivity (Wildman–Crippen MR) is 155 cm³/mol. The Balaban J connectivity index is 2.42. The van der Waals surface area contributed by atoms with Gasteiger partial charge in [0.15, 0.2) is 31.3 Å². The number of esters is 2. The highest BCUT2D eigenvalue weighted by Gasteiger charge is 2.37. The summed E-state index contributed by atoms with van der Waals surface area (Å²) in [6.07, 6.45) is 1.16. The number of carbonyl (C=O) groups is 2. The van der Waals surface area contributed by atoms with E-state index in [4.69, 9.17) is 28.1 Å². The van der Waals surface area contributed by atoms with Gasteiger partial charge in [-0.1, -0.05) is 20.8 Å². The molecule has 0 atom stereocenters. The number of ether oxygens (including phenoxy) is 5. The first-order valence-corrected chi connectivity index (χ1v) is 16.2. The van der Waals surface area contributed by atoms with Gasteiger partial charge in [-0.15, -0.1) is 0 Å². The molecule has 222 valence electrons. The molecule has 1 N–H and O–H groups in total. The van der Waals surface area contributed by atoms with Crippen LogP contribution in [0.15, 0.2) is 24.3 Å². The summed E-state index contributed by atoms with van der Waals surface area (Å²) in [6.45, 7) is 11.5. The second kappa shape index (κ2) is 14.4. The third-order valence-corrected chi connectivity index (χ3v) is 11.9. The van der Waals surface area contributed by atoms with Crippen LogP contribution in [0, 0.1) is 0 Å². The Morgan fingerprint density at radius 3 is 1.70 bits per heavy atom. The Bertz CT molecular complexity index is 1170. The van der Waals surface area contributed by atoms with E-state index in [1.807, 2.05) is 12.1 Å². The topological polar surface area (TPSA) is 110 Å². The van der Waals surface area contributed by atoms with E-state index >= 15 is 0 Å². The van der Waals surface area contributed by atoms with Gasteiger partial charge in [0.1, 0.15) is 6.61 Å². The van der Waals surface area contributed by atoms with Crippen LogP contribution in [0.3, 0.4) is 0 Å². The Kier molecular flexibility index (Phi) is 11.9.